The third-order valence-corrected chi connectivity index (χ3v) is 2.64. The molecule has 0 spiro atoms. The second kappa shape index (κ2) is 5.71. The van der Waals surface area contributed by atoms with Gasteiger partial charge in [-0.3, -0.25) is 0 Å². The van der Waals surface area contributed by atoms with E-state index in [1.165, 1.54) is 0 Å². The molecule has 0 aromatic heterocycles. The molecule has 0 aliphatic rings. The van der Waals surface area contributed by atoms with Crippen molar-refractivity contribution in [3.05, 3.63) is 53.6 Å². The normalized spacial score (nSPS) is 10.2. The summed E-state index contributed by atoms with van der Waals surface area (Å²) in [5, 5.41) is 9.38. The minimum absolute atomic E-state index is 0.0267. The van der Waals surface area contributed by atoms with Gasteiger partial charge in [0.05, 0.1) is 6.61 Å². The smallest absolute Gasteiger partial charge is 0.119 e. The van der Waals surface area contributed by atoms with Crippen molar-refractivity contribution in [1.82, 2.24) is 0 Å². The number of aliphatic hydroxyl groups is 1. The number of benzene rings is 2. The first-order valence-corrected chi connectivity index (χ1v) is 5.77. The molecule has 0 bridgehead atoms. The number of hydrogen-bond acceptors (Lipinski definition) is 2. The molecule has 0 fully saturated rings. The van der Waals surface area contributed by atoms with E-state index < -0.39 is 0 Å². The molecule has 0 saturated heterocycles. The zero-order valence-corrected chi connectivity index (χ0v) is 10.0. The maximum Gasteiger partial charge on any atom is 0.119 e. The minimum atomic E-state index is 0.0267. The summed E-state index contributed by atoms with van der Waals surface area (Å²) >= 11 is 5.84. The van der Waals surface area contributed by atoms with E-state index in [1.54, 1.807) is 0 Å². The lowest BCUT2D eigenvalue weighted by atomic mass is 10.1. The first-order valence-electron chi connectivity index (χ1n) is 5.39. The van der Waals surface area contributed by atoms with Crippen LogP contribution in [0.1, 0.15) is 0 Å². The van der Waals surface area contributed by atoms with Crippen LogP contribution in [-0.2, 0) is 0 Å². The molecule has 0 unspecified atom stereocenters. The average molecular weight is 249 g/mol. The molecule has 0 saturated carbocycles. The Hall–Kier alpha value is -1.51. The Morgan fingerprint density at radius 2 is 1.41 bits per heavy atom. The molecule has 17 heavy (non-hydrogen) atoms. The van der Waals surface area contributed by atoms with Crippen LogP contribution >= 0.6 is 11.6 Å². The Bertz CT molecular complexity index is 463. The van der Waals surface area contributed by atoms with Crippen LogP contribution < -0.4 is 4.74 Å². The van der Waals surface area contributed by atoms with Crippen LogP contribution in [0.2, 0.25) is 5.02 Å². The Morgan fingerprint density at radius 1 is 0.882 bits per heavy atom. The van der Waals surface area contributed by atoms with E-state index in [2.05, 4.69) is 0 Å². The van der Waals surface area contributed by atoms with Crippen molar-refractivity contribution in [3.63, 3.8) is 0 Å². The number of aliphatic hydroxyl groups excluding tert-OH is 1. The van der Waals surface area contributed by atoms with Gasteiger partial charge in [0.2, 0.25) is 0 Å². The topological polar surface area (TPSA) is 29.5 Å². The largest absolute Gasteiger partial charge is 0.491 e. The van der Waals surface area contributed by atoms with Crippen molar-refractivity contribution in [1.29, 1.82) is 0 Å². The molecular weight excluding hydrogens is 236 g/mol. The summed E-state index contributed by atoms with van der Waals surface area (Å²) in [6.45, 7) is 0.346. The Morgan fingerprint density at radius 3 is 1.94 bits per heavy atom. The number of rotatable bonds is 4. The summed E-state index contributed by atoms with van der Waals surface area (Å²) in [4.78, 5) is 0. The second-order valence-electron chi connectivity index (χ2n) is 3.60. The molecule has 3 heteroatoms. The number of hydrogen-bond donors (Lipinski definition) is 1. The van der Waals surface area contributed by atoms with Gasteiger partial charge in [-0.1, -0.05) is 35.9 Å². The van der Waals surface area contributed by atoms with Crippen LogP contribution in [0.3, 0.4) is 0 Å². The van der Waals surface area contributed by atoms with Gasteiger partial charge in [-0.2, -0.15) is 0 Å². The predicted molar refractivity (Wildman–Crippen MR) is 69.5 cm³/mol. The standard InChI is InChI=1S/C14H13ClO2/c15-13-5-1-11(2-6-13)12-3-7-14(8-4-12)17-10-9-16/h1-8,16H,9-10H2. The van der Waals surface area contributed by atoms with Gasteiger partial charge < -0.3 is 9.84 Å². The fourth-order valence-corrected chi connectivity index (χ4v) is 1.68. The summed E-state index contributed by atoms with van der Waals surface area (Å²) in [7, 11) is 0. The summed E-state index contributed by atoms with van der Waals surface area (Å²) < 4.78 is 5.29. The summed E-state index contributed by atoms with van der Waals surface area (Å²) in [6, 6.07) is 15.4. The Labute approximate surface area is 105 Å². The Kier molecular flexibility index (Phi) is 4.02. The van der Waals surface area contributed by atoms with E-state index in [4.69, 9.17) is 21.4 Å². The monoisotopic (exact) mass is 248 g/mol. The zero-order valence-electron chi connectivity index (χ0n) is 9.27. The maximum absolute atomic E-state index is 8.65. The van der Waals surface area contributed by atoms with E-state index in [0.29, 0.717) is 6.61 Å². The fraction of sp³-hybridized carbons (Fsp3) is 0.143. The lowest BCUT2D eigenvalue weighted by Gasteiger charge is -2.06. The van der Waals surface area contributed by atoms with Gasteiger partial charge in [0.25, 0.3) is 0 Å². The van der Waals surface area contributed by atoms with Crippen LogP contribution in [0.25, 0.3) is 11.1 Å². The van der Waals surface area contributed by atoms with Gasteiger partial charge in [0.1, 0.15) is 12.4 Å². The fourth-order valence-electron chi connectivity index (χ4n) is 1.55. The van der Waals surface area contributed by atoms with Crippen LogP contribution in [-0.4, -0.2) is 18.3 Å². The second-order valence-corrected chi connectivity index (χ2v) is 4.04. The minimum Gasteiger partial charge on any atom is -0.491 e. The van der Waals surface area contributed by atoms with Gasteiger partial charge in [0.15, 0.2) is 0 Å². The highest BCUT2D eigenvalue weighted by Gasteiger charge is 1.98. The van der Waals surface area contributed by atoms with Gasteiger partial charge in [-0.05, 0) is 35.4 Å². The van der Waals surface area contributed by atoms with Crippen molar-refractivity contribution < 1.29 is 9.84 Å². The van der Waals surface area contributed by atoms with Gasteiger partial charge in [-0.15, -0.1) is 0 Å². The molecule has 2 aromatic rings. The quantitative estimate of drug-likeness (QED) is 0.899. The molecule has 88 valence electrons. The molecular formula is C14H13ClO2. The van der Waals surface area contributed by atoms with Crippen molar-refractivity contribution in [2.75, 3.05) is 13.2 Å². The molecule has 0 aliphatic carbocycles. The molecule has 2 rings (SSSR count). The van der Waals surface area contributed by atoms with Crippen LogP contribution in [0.4, 0.5) is 0 Å². The van der Waals surface area contributed by atoms with Crippen LogP contribution in [0.15, 0.2) is 48.5 Å². The van der Waals surface area contributed by atoms with Crippen molar-refractivity contribution >= 4 is 11.6 Å². The van der Waals surface area contributed by atoms with E-state index in [9.17, 15) is 0 Å². The van der Waals surface area contributed by atoms with Crippen LogP contribution in [0, 0.1) is 0 Å². The SMILES string of the molecule is OCCOc1ccc(-c2ccc(Cl)cc2)cc1. The van der Waals surface area contributed by atoms with Crippen LogP contribution in [0.5, 0.6) is 5.75 Å². The molecule has 0 amide bonds. The van der Waals surface area contributed by atoms with Crippen molar-refractivity contribution in [3.8, 4) is 16.9 Å². The highest BCUT2D eigenvalue weighted by atomic mass is 35.5. The Balaban J connectivity index is 2.14. The highest BCUT2D eigenvalue weighted by Crippen LogP contribution is 2.23. The molecule has 2 nitrogen and oxygen atoms in total. The zero-order chi connectivity index (χ0) is 12.1. The van der Waals surface area contributed by atoms with Crippen molar-refractivity contribution in [2.24, 2.45) is 0 Å². The molecule has 2 aromatic carbocycles. The summed E-state index contributed by atoms with van der Waals surface area (Å²) in [5.41, 5.74) is 2.22. The highest BCUT2D eigenvalue weighted by molar-refractivity contribution is 6.30. The lowest BCUT2D eigenvalue weighted by Crippen LogP contribution is -2.01. The van der Waals surface area contributed by atoms with E-state index in [-0.39, 0.29) is 6.61 Å². The first kappa shape index (κ1) is 12.0. The third kappa shape index (κ3) is 3.22. The van der Waals surface area contributed by atoms with E-state index in [1.807, 2.05) is 48.5 Å². The van der Waals surface area contributed by atoms with Crippen molar-refractivity contribution in [2.45, 2.75) is 0 Å². The third-order valence-electron chi connectivity index (χ3n) is 2.39. The average Bonchev–Trinajstić information content (AvgIpc) is 2.38. The number of halogens is 1. The summed E-state index contributed by atoms with van der Waals surface area (Å²) in [5.74, 6) is 0.761. The van der Waals surface area contributed by atoms with E-state index in [0.717, 1.165) is 21.9 Å². The molecule has 0 heterocycles. The van der Waals surface area contributed by atoms with Gasteiger partial charge in [-0.25, -0.2) is 0 Å². The molecule has 1 N–H and O–H groups in total. The lowest BCUT2D eigenvalue weighted by molar-refractivity contribution is 0.201. The number of ether oxygens (including phenoxy) is 1. The predicted octanol–water partition coefficient (Wildman–Crippen LogP) is 3.38. The maximum atomic E-state index is 8.65. The van der Waals surface area contributed by atoms with Gasteiger partial charge >= 0.3 is 0 Å². The molecule has 0 radical (unpaired) electrons. The summed E-state index contributed by atoms with van der Waals surface area (Å²) in [6.07, 6.45) is 0. The van der Waals surface area contributed by atoms with E-state index >= 15 is 0 Å². The van der Waals surface area contributed by atoms with Gasteiger partial charge in [0, 0.05) is 5.02 Å². The first-order chi connectivity index (χ1) is 8.29. The molecule has 0 aliphatic heterocycles. The molecule has 0 atom stereocenters.